The Morgan fingerprint density at radius 2 is 1.95 bits per heavy atom. The van der Waals surface area contributed by atoms with Gasteiger partial charge in [0.2, 0.25) is 0 Å². The van der Waals surface area contributed by atoms with Gasteiger partial charge in [0.25, 0.3) is 0 Å². The molecule has 1 saturated heterocycles. The Morgan fingerprint density at radius 3 is 2.71 bits per heavy atom. The molecule has 114 valence electrons. The molecular formula is C15H21N3O3. The van der Waals surface area contributed by atoms with Gasteiger partial charge in [-0.05, 0) is 24.1 Å². The summed E-state index contributed by atoms with van der Waals surface area (Å²) in [5, 5.41) is 15.0. The molecular weight excluding hydrogens is 270 g/mol. The van der Waals surface area contributed by atoms with E-state index in [0.29, 0.717) is 13.1 Å². The van der Waals surface area contributed by atoms with Crippen molar-refractivity contribution in [1.82, 2.24) is 15.5 Å². The van der Waals surface area contributed by atoms with Crippen molar-refractivity contribution in [2.24, 2.45) is 0 Å². The van der Waals surface area contributed by atoms with E-state index in [9.17, 15) is 9.59 Å². The van der Waals surface area contributed by atoms with E-state index in [1.165, 1.54) is 0 Å². The van der Waals surface area contributed by atoms with Gasteiger partial charge in [0.05, 0.1) is 6.42 Å². The van der Waals surface area contributed by atoms with Crippen LogP contribution in [-0.2, 0) is 17.8 Å². The van der Waals surface area contributed by atoms with Gasteiger partial charge < -0.3 is 20.6 Å². The maximum Gasteiger partial charge on any atom is 0.317 e. The van der Waals surface area contributed by atoms with Crippen molar-refractivity contribution in [3.05, 3.63) is 35.4 Å². The molecule has 21 heavy (non-hydrogen) atoms. The lowest BCUT2D eigenvalue weighted by Gasteiger charge is -2.21. The number of carboxylic acids is 1. The number of rotatable bonds is 4. The van der Waals surface area contributed by atoms with Gasteiger partial charge in [-0.2, -0.15) is 0 Å². The van der Waals surface area contributed by atoms with E-state index in [1.807, 2.05) is 18.2 Å². The number of hydrogen-bond donors (Lipinski definition) is 3. The number of carbonyl (C=O) groups excluding carboxylic acids is 1. The standard InChI is InChI=1S/C15H21N3O3/c19-14(20)10-12-4-1-2-5-13(12)11-17-15(21)18-8-3-6-16-7-9-18/h1-2,4-5,16H,3,6-11H2,(H,17,21)(H,19,20). The maximum atomic E-state index is 12.1. The minimum Gasteiger partial charge on any atom is -0.481 e. The third-order valence-corrected chi connectivity index (χ3v) is 3.52. The van der Waals surface area contributed by atoms with Crippen LogP contribution in [0.4, 0.5) is 4.79 Å². The number of nitrogens with zero attached hydrogens (tertiary/aromatic N) is 1. The molecule has 1 aliphatic rings. The second-order valence-electron chi connectivity index (χ2n) is 5.09. The molecule has 0 aliphatic carbocycles. The van der Waals surface area contributed by atoms with Crippen molar-refractivity contribution in [3.8, 4) is 0 Å². The maximum absolute atomic E-state index is 12.1. The number of amides is 2. The zero-order valence-corrected chi connectivity index (χ0v) is 12.0. The van der Waals surface area contributed by atoms with Crippen molar-refractivity contribution in [2.45, 2.75) is 19.4 Å². The van der Waals surface area contributed by atoms with Gasteiger partial charge in [0.1, 0.15) is 0 Å². The van der Waals surface area contributed by atoms with Crippen LogP contribution in [0.2, 0.25) is 0 Å². The number of hydrogen-bond acceptors (Lipinski definition) is 3. The summed E-state index contributed by atoms with van der Waals surface area (Å²) >= 11 is 0. The highest BCUT2D eigenvalue weighted by Crippen LogP contribution is 2.10. The molecule has 1 fully saturated rings. The molecule has 0 bridgehead atoms. The Kier molecular flexibility index (Phi) is 5.57. The molecule has 2 amide bonds. The van der Waals surface area contributed by atoms with Crippen molar-refractivity contribution < 1.29 is 14.7 Å². The monoisotopic (exact) mass is 291 g/mol. The van der Waals surface area contributed by atoms with E-state index in [0.717, 1.165) is 37.2 Å². The first-order valence-electron chi connectivity index (χ1n) is 7.19. The van der Waals surface area contributed by atoms with Crippen LogP contribution >= 0.6 is 0 Å². The van der Waals surface area contributed by atoms with E-state index in [2.05, 4.69) is 10.6 Å². The molecule has 0 saturated carbocycles. The average molecular weight is 291 g/mol. The zero-order chi connectivity index (χ0) is 15.1. The van der Waals surface area contributed by atoms with Crippen molar-refractivity contribution >= 4 is 12.0 Å². The first kappa shape index (κ1) is 15.3. The van der Waals surface area contributed by atoms with Gasteiger partial charge in [-0.1, -0.05) is 24.3 Å². The lowest BCUT2D eigenvalue weighted by atomic mass is 10.0. The van der Waals surface area contributed by atoms with Gasteiger partial charge in [-0.15, -0.1) is 0 Å². The topological polar surface area (TPSA) is 81.7 Å². The first-order valence-corrected chi connectivity index (χ1v) is 7.19. The molecule has 1 heterocycles. The van der Waals surface area contributed by atoms with Crippen LogP contribution in [0.15, 0.2) is 24.3 Å². The summed E-state index contributed by atoms with van der Waals surface area (Å²) in [5.41, 5.74) is 1.59. The minimum atomic E-state index is -0.868. The molecule has 0 unspecified atom stereocenters. The summed E-state index contributed by atoms with van der Waals surface area (Å²) in [6.45, 7) is 3.54. The second-order valence-corrected chi connectivity index (χ2v) is 5.09. The Morgan fingerprint density at radius 1 is 1.19 bits per heavy atom. The predicted octanol–water partition coefficient (Wildman–Crippen LogP) is 0.819. The third-order valence-electron chi connectivity index (χ3n) is 3.52. The number of aliphatic carboxylic acids is 1. The number of carboxylic acid groups (broad SMARTS) is 1. The van der Waals surface area contributed by atoms with E-state index in [1.54, 1.807) is 11.0 Å². The first-order chi connectivity index (χ1) is 10.2. The van der Waals surface area contributed by atoms with E-state index < -0.39 is 5.97 Å². The van der Waals surface area contributed by atoms with Crippen LogP contribution in [0.25, 0.3) is 0 Å². The average Bonchev–Trinajstić information content (AvgIpc) is 2.74. The fourth-order valence-corrected chi connectivity index (χ4v) is 2.40. The molecule has 6 nitrogen and oxygen atoms in total. The number of benzene rings is 1. The fraction of sp³-hybridized carbons (Fsp3) is 0.467. The Hall–Kier alpha value is -2.08. The molecule has 1 aromatic carbocycles. The largest absolute Gasteiger partial charge is 0.481 e. The van der Waals surface area contributed by atoms with E-state index in [4.69, 9.17) is 5.11 Å². The minimum absolute atomic E-state index is 0.0281. The van der Waals surface area contributed by atoms with Gasteiger partial charge in [0.15, 0.2) is 0 Å². The van der Waals surface area contributed by atoms with Crippen molar-refractivity contribution in [2.75, 3.05) is 26.2 Å². The van der Waals surface area contributed by atoms with Crippen molar-refractivity contribution in [1.29, 1.82) is 0 Å². The molecule has 0 aromatic heterocycles. The Labute approximate surface area is 124 Å². The van der Waals surface area contributed by atoms with Gasteiger partial charge in [-0.3, -0.25) is 4.79 Å². The molecule has 2 rings (SSSR count). The molecule has 0 spiro atoms. The lowest BCUT2D eigenvalue weighted by molar-refractivity contribution is -0.136. The van der Waals surface area contributed by atoms with Crippen LogP contribution in [-0.4, -0.2) is 48.2 Å². The molecule has 0 atom stereocenters. The van der Waals surface area contributed by atoms with E-state index in [-0.39, 0.29) is 12.5 Å². The van der Waals surface area contributed by atoms with Gasteiger partial charge in [0, 0.05) is 26.2 Å². The van der Waals surface area contributed by atoms with E-state index >= 15 is 0 Å². The Balaban J connectivity index is 1.92. The highest BCUT2D eigenvalue weighted by Gasteiger charge is 2.15. The summed E-state index contributed by atoms with van der Waals surface area (Å²) in [6, 6.07) is 7.20. The smallest absolute Gasteiger partial charge is 0.317 e. The second kappa shape index (κ2) is 7.64. The third kappa shape index (κ3) is 4.75. The predicted molar refractivity (Wildman–Crippen MR) is 79.1 cm³/mol. The molecule has 3 N–H and O–H groups in total. The number of urea groups is 1. The highest BCUT2D eigenvalue weighted by atomic mass is 16.4. The summed E-state index contributed by atoms with van der Waals surface area (Å²) in [6.07, 6.45) is 0.919. The Bertz CT molecular complexity index is 497. The summed E-state index contributed by atoms with van der Waals surface area (Å²) in [5.74, 6) is -0.868. The number of nitrogens with one attached hydrogen (secondary N) is 2. The van der Waals surface area contributed by atoms with Gasteiger partial charge in [-0.25, -0.2) is 4.79 Å². The highest BCUT2D eigenvalue weighted by molar-refractivity contribution is 5.74. The van der Waals surface area contributed by atoms with Crippen LogP contribution < -0.4 is 10.6 Å². The SMILES string of the molecule is O=C(O)Cc1ccccc1CNC(=O)N1CCCNCC1. The van der Waals surface area contributed by atoms with Crippen molar-refractivity contribution in [3.63, 3.8) is 0 Å². The lowest BCUT2D eigenvalue weighted by Crippen LogP contribution is -2.41. The summed E-state index contributed by atoms with van der Waals surface area (Å²) < 4.78 is 0. The molecule has 0 radical (unpaired) electrons. The van der Waals surface area contributed by atoms with Crippen LogP contribution in [0.5, 0.6) is 0 Å². The van der Waals surface area contributed by atoms with Crippen LogP contribution in [0.3, 0.4) is 0 Å². The summed E-state index contributed by atoms with van der Waals surface area (Å²) in [4.78, 5) is 24.8. The van der Waals surface area contributed by atoms with Gasteiger partial charge >= 0.3 is 12.0 Å². The molecule has 1 aromatic rings. The summed E-state index contributed by atoms with van der Waals surface area (Å²) in [7, 11) is 0. The number of carbonyl (C=O) groups is 2. The molecule has 6 heteroatoms. The fourth-order valence-electron chi connectivity index (χ4n) is 2.40. The normalized spacial score (nSPS) is 15.3. The zero-order valence-electron chi connectivity index (χ0n) is 12.0. The van der Waals surface area contributed by atoms with Crippen LogP contribution in [0, 0.1) is 0 Å². The van der Waals surface area contributed by atoms with Crippen LogP contribution in [0.1, 0.15) is 17.5 Å². The molecule has 1 aliphatic heterocycles. The quantitative estimate of drug-likeness (QED) is 0.767.